The first-order chi connectivity index (χ1) is 10.1. The van der Waals surface area contributed by atoms with Crippen LogP contribution in [0.4, 0.5) is 5.69 Å². The molecule has 2 aromatic rings. The van der Waals surface area contributed by atoms with Crippen LogP contribution in [-0.4, -0.2) is 29.0 Å². The molecule has 118 valence electrons. The summed E-state index contributed by atoms with van der Waals surface area (Å²) < 4.78 is 28.0. The SMILES string of the molecule is Cn1nc(-c2ccc(Cl)c(NS(C)(=O)=O)c2)c(=O)n(C)c1=S. The van der Waals surface area contributed by atoms with Gasteiger partial charge in [-0.1, -0.05) is 17.7 Å². The standard InChI is InChI=1S/C12H13ClN4O3S2/c1-16-11(18)10(14-17(2)12(16)21)7-4-5-8(13)9(6-7)15-22(3,19)20/h4-6,15H,1-3H3. The zero-order valence-electron chi connectivity index (χ0n) is 12.0. The summed E-state index contributed by atoms with van der Waals surface area (Å²) in [5, 5.41) is 4.35. The molecule has 0 aliphatic heterocycles. The zero-order valence-corrected chi connectivity index (χ0v) is 14.4. The van der Waals surface area contributed by atoms with Crippen LogP contribution in [0.15, 0.2) is 23.0 Å². The summed E-state index contributed by atoms with van der Waals surface area (Å²) in [6.45, 7) is 0. The second-order valence-corrected chi connectivity index (χ2v) is 7.21. The van der Waals surface area contributed by atoms with Crippen LogP contribution in [0.25, 0.3) is 11.3 Å². The van der Waals surface area contributed by atoms with Crippen molar-refractivity contribution in [3.05, 3.63) is 38.3 Å². The van der Waals surface area contributed by atoms with Crippen molar-refractivity contribution in [3.8, 4) is 11.3 Å². The Labute approximate surface area is 137 Å². The molecule has 1 aromatic heterocycles. The molecule has 0 saturated heterocycles. The lowest BCUT2D eigenvalue weighted by Gasteiger charge is -2.10. The summed E-state index contributed by atoms with van der Waals surface area (Å²) in [4.78, 5) is 12.3. The Kier molecular flexibility index (Phi) is 4.41. The fraction of sp³-hybridized carbons (Fsp3) is 0.250. The summed E-state index contributed by atoms with van der Waals surface area (Å²) >= 11 is 11.0. The van der Waals surface area contributed by atoms with E-state index in [0.29, 0.717) is 5.56 Å². The van der Waals surface area contributed by atoms with Crippen LogP contribution in [0.3, 0.4) is 0 Å². The van der Waals surface area contributed by atoms with E-state index >= 15 is 0 Å². The molecule has 22 heavy (non-hydrogen) atoms. The van der Waals surface area contributed by atoms with Crippen molar-refractivity contribution in [1.82, 2.24) is 14.3 Å². The van der Waals surface area contributed by atoms with E-state index < -0.39 is 10.0 Å². The van der Waals surface area contributed by atoms with Crippen LogP contribution in [0.1, 0.15) is 0 Å². The summed E-state index contributed by atoms with van der Waals surface area (Å²) in [6.07, 6.45) is 1.01. The predicted molar refractivity (Wildman–Crippen MR) is 88.2 cm³/mol. The van der Waals surface area contributed by atoms with E-state index in [4.69, 9.17) is 23.8 Å². The molecular weight excluding hydrogens is 348 g/mol. The first-order valence-corrected chi connectivity index (χ1v) is 8.70. The average molecular weight is 361 g/mol. The van der Waals surface area contributed by atoms with Crippen LogP contribution in [0.2, 0.25) is 5.02 Å². The van der Waals surface area contributed by atoms with Crippen molar-refractivity contribution in [2.75, 3.05) is 11.0 Å². The minimum atomic E-state index is -3.49. The molecule has 1 heterocycles. The highest BCUT2D eigenvalue weighted by molar-refractivity contribution is 7.92. The van der Waals surface area contributed by atoms with Crippen LogP contribution < -0.4 is 10.3 Å². The Morgan fingerprint density at radius 3 is 2.55 bits per heavy atom. The van der Waals surface area contributed by atoms with E-state index in [1.807, 2.05) is 0 Å². The molecule has 0 bridgehead atoms. The van der Waals surface area contributed by atoms with Gasteiger partial charge in [0.2, 0.25) is 10.0 Å². The minimum absolute atomic E-state index is 0.145. The Morgan fingerprint density at radius 2 is 1.95 bits per heavy atom. The minimum Gasteiger partial charge on any atom is -0.285 e. The molecule has 1 N–H and O–H groups in total. The first-order valence-electron chi connectivity index (χ1n) is 6.02. The monoisotopic (exact) mass is 360 g/mol. The molecular formula is C12H13ClN4O3S2. The van der Waals surface area contributed by atoms with Gasteiger partial charge in [0.1, 0.15) is 0 Å². The molecule has 10 heteroatoms. The van der Waals surface area contributed by atoms with Crippen molar-refractivity contribution in [3.63, 3.8) is 0 Å². The second kappa shape index (κ2) is 5.82. The Hall–Kier alpha value is -1.71. The molecule has 1 aromatic carbocycles. The molecule has 0 unspecified atom stereocenters. The van der Waals surface area contributed by atoms with Crippen LogP contribution in [0, 0.1) is 4.77 Å². The number of hydrogen-bond acceptors (Lipinski definition) is 5. The van der Waals surface area contributed by atoms with E-state index in [1.54, 1.807) is 20.2 Å². The molecule has 0 amide bonds. The van der Waals surface area contributed by atoms with Gasteiger partial charge >= 0.3 is 0 Å². The van der Waals surface area contributed by atoms with Gasteiger partial charge in [-0.3, -0.25) is 14.1 Å². The van der Waals surface area contributed by atoms with Gasteiger partial charge in [-0.05, 0) is 24.4 Å². The van der Waals surface area contributed by atoms with E-state index in [1.165, 1.54) is 21.4 Å². The van der Waals surface area contributed by atoms with Gasteiger partial charge in [-0.2, -0.15) is 5.10 Å². The van der Waals surface area contributed by atoms with Gasteiger partial charge in [-0.25, -0.2) is 13.1 Å². The Bertz CT molecular complexity index is 963. The van der Waals surface area contributed by atoms with Crippen molar-refractivity contribution in [2.45, 2.75) is 0 Å². The van der Waals surface area contributed by atoms with Gasteiger partial charge in [-0.15, -0.1) is 0 Å². The topological polar surface area (TPSA) is 86.0 Å². The van der Waals surface area contributed by atoms with Crippen molar-refractivity contribution in [2.24, 2.45) is 14.1 Å². The number of anilines is 1. The molecule has 0 spiro atoms. The largest absolute Gasteiger partial charge is 0.285 e. The van der Waals surface area contributed by atoms with Gasteiger partial charge < -0.3 is 0 Å². The fourth-order valence-corrected chi connectivity index (χ4v) is 2.74. The highest BCUT2D eigenvalue weighted by atomic mass is 35.5. The average Bonchev–Trinajstić information content (AvgIpc) is 2.42. The second-order valence-electron chi connectivity index (χ2n) is 4.69. The molecule has 0 fully saturated rings. The number of hydrogen-bond donors (Lipinski definition) is 1. The Balaban J connectivity index is 2.67. The van der Waals surface area contributed by atoms with E-state index in [0.717, 1.165) is 6.26 Å². The third kappa shape index (κ3) is 3.37. The van der Waals surface area contributed by atoms with Gasteiger partial charge in [0.05, 0.1) is 17.0 Å². The number of aryl methyl sites for hydroxylation is 1. The number of halogens is 1. The maximum atomic E-state index is 12.3. The molecule has 7 nitrogen and oxygen atoms in total. The van der Waals surface area contributed by atoms with Crippen molar-refractivity contribution >= 4 is 39.5 Å². The molecule has 0 radical (unpaired) electrons. The number of aromatic nitrogens is 3. The van der Waals surface area contributed by atoms with Gasteiger partial charge in [0.25, 0.3) is 5.56 Å². The molecule has 0 aliphatic rings. The van der Waals surface area contributed by atoms with Crippen LogP contribution >= 0.6 is 23.8 Å². The van der Waals surface area contributed by atoms with E-state index in [9.17, 15) is 13.2 Å². The number of benzene rings is 1. The molecule has 0 atom stereocenters. The fourth-order valence-electron chi connectivity index (χ4n) is 1.83. The van der Waals surface area contributed by atoms with E-state index in [2.05, 4.69) is 9.82 Å². The first kappa shape index (κ1) is 16.7. The Morgan fingerprint density at radius 1 is 1.32 bits per heavy atom. The summed E-state index contributed by atoms with van der Waals surface area (Å²) in [5.74, 6) is 0. The molecule has 0 aliphatic carbocycles. The van der Waals surface area contributed by atoms with Crippen molar-refractivity contribution < 1.29 is 8.42 Å². The van der Waals surface area contributed by atoms with Gasteiger partial charge in [0.15, 0.2) is 10.5 Å². The summed E-state index contributed by atoms with van der Waals surface area (Å²) in [6, 6.07) is 4.53. The van der Waals surface area contributed by atoms with Gasteiger partial charge in [0, 0.05) is 19.7 Å². The van der Waals surface area contributed by atoms with Crippen molar-refractivity contribution in [1.29, 1.82) is 0 Å². The summed E-state index contributed by atoms with van der Waals surface area (Å²) in [5.41, 5.74) is 0.375. The number of nitrogens with one attached hydrogen (secondary N) is 1. The highest BCUT2D eigenvalue weighted by Crippen LogP contribution is 2.27. The molecule has 2 rings (SSSR count). The lowest BCUT2D eigenvalue weighted by molar-refractivity contribution is 0.607. The quantitative estimate of drug-likeness (QED) is 0.839. The number of nitrogens with zero attached hydrogens (tertiary/aromatic N) is 3. The predicted octanol–water partition coefficient (Wildman–Crippen LogP) is 1.54. The lowest BCUT2D eigenvalue weighted by Crippen LogP contribution is -2.25. The lowest BCUT2D eigenvalue weighted by atomic mass is 10.1. The highest BCUT2D eigenvalue weighted by Gasteiger charge is 2.13. The maximum absolute atomic E-state index is 12.3. The normalized spacial score (nSPS) is 11.5. The van der Waals surface area contributed by atoms with E-state index in [-0.39, 0.29) is 26.7 Å². The molecule has 0 saturated carbocycles. The third-order valence-corrected chi connectivity index (χ3v) is 4.31. The summed E-state index contributed by atoms with van der Waals surface area (Å²) in [7, 11) is -0.327. The van der Waals surface area contributed by atoms with Crippen LogP contribution in [0.5, 0.6) is 0 Å². The number of rotatable bonds is 3. The number of sulfonamides is 1. The smallest absolute Gasteiger partial charge is 0.280 e. The maximum Gasteiger partial charge on any atom is 0.280 e. The van der Waals surface area contributed by atoms with Crippen LogP contribution in [-0.2, 0) is 24.1 Å². The third-order valence-electron chi connectivity index (χ3n) is 2.86. The zero-order chi connectivity index (χ0) is 16.7.